The number of halogens is 3. The van der Waals surface area contributed by atoms with Gasteiger partial charge in [-0.3, -0.25) is 4.90 Å². The molecule has 0 radical (unpaired) electrons. The minimum absolute atomic E-state index is 0.339. The average molecular weight is 428 g/mol. The molecule has 1 aliphatic rings. The van der Waals surface area contributed by atoms with Gasteiger partial charge in [-0.1, -0.05) is 35.0 Å². The first kappa shape index (κ1) is 23.9. The summed E-state index contributed by atoms with van der Waals surface area (Å²) in [5.41, 5.74) is 3.74. The molecular weight excluding hydrogens is 401 g/mol. The smallest absolute Gasteiger partial charge is 0.475 e. The van der Waals surface area contributed by atoms with E-state index in [0.717, 1.165) is 43.9 Å². The summed E-state index contributed by atoms with van der Waals surface area (Å²) in [6.07, 6.45) is -2.61. The lowest BCUT2D eigenvalue weighted by molar-refractivity contribution is -0.192. The molecule has 1 aliphatic heterocycles. The van der Waals surface area contributed by atoms with Crippen molar-refractivity contribution in [2.24, 2.45) is 5.92 Å². The van der Waals surface area contributed by atoms with E-state index in [4.69, 9.17) is 19.2 Å². The van der Waals surface area contributed by atoms with E-state index in [2.05, 4.69) is 41.2 Å². The van der Waals surface area contributed by atoms with E-state index >= 15 is 0 Å². The van der Waals surface area contributed by atoms with Crippen LogP contribution in [-0.4, -0.2) is 53.6 Å². The quantitative estimate of drug-likeness (QED) is 0.776. The number of carboxylic acids is 1. The number of alkyl halides is 3. The van der Waals surface area contributed by atoms with E-state index in [1.165, 1.54) is 11.1 Å². The molecule has 1 saturated heterocycles. The number of methoxy groups -OCH3 is 1. The van der Waals surface area contributed by atoms with Gasteiger partial charge in [-0.25, -0.2) is 4.79 Å². The highest BCUT2D eigenvalue weighted by atomic mass is 19.4. The van der Waals surface area contributed by atoms with Gasteiger partial charge in [0.1, 0.15) is 5.76 Å². The first-order valence-electron chi connectivity index (χ1n) is 9.61. The topological polar surface area (TPSA) is 75.8 Å². The monoisotopic (exact) mass is 428 g/mol. The van der Waals surface area contributed by atoms with Crippen LogP contribution in [0.25, 0.3) is 0 Å². The minimum Gasteiger partial charge on any atom is -0.475 e. The molecule has 2 heterocycles. The Morgan fingerprint density at radius 2 is 2.03 bits per heavy atom. The first-order chi connectivity index (χ1) is 14.1. The van der Waals surface area contributed by atoms with Crippen molar-refractivity contribution in [2.45, 2.75) is 45.5 Å². The van der Waals surface area contributed by atoms with Crippen LogP contribution in [0.15, 0.2) is 34.9 Å². The first-order valence-corrected chi connectivity index (χ1v) is 9.61. The highest BCUT2D eigenvalue weighted by molar-refractivity contribution is 5.73. The van der Waals surface area contributed by atoms with Crippen molar-refractivity contribution in [1.29, 1.82) is 0 Å². The molecule has 1 aromatic carbocycles. The van der Waals surface area contributed by atoms with Gasteiger partial charge in [-0.2, -0.15) is 13.2 Å². The molecule has 0 amide bonds. The Hall–Kier alpha value is -2.39. The summed E-state index contributed by atoms with van der Waals surface area (Å²) in [6.45, 7) is 7.04. The van der Waals surface area contributed by atoms with Crippen LogP contribution in [0.2, 0.25) is 0 Å². The number of carboxylic acid groups (broad SMARTS) is 1. The lowest BCUT2D eigenvalue weighted by atomic mass is 9.88. The lowest BCUT2D eigenvalue weighted by Crippen LogP contribution is -2.44. The molecule has 3 rings (SSSR count). The van der Waals surface area contributed by atoms with Gasteiger partial charge in [0, 0.05) is 38.7 Å². The molecule has 6 nitrogen and oxygen atoms in total. The molecule has 1 aromatic heterocycles. The zero-order valence-electron chi connectivity index (χ0n) is 17.3. The molecule has 0 unspecified atom stereocenters. The fourth-order valence-corrected chi connectivity index (χ4v) is 3.60. The molecule has 0 saturated carbocycles. The molecule has 1 fully saturated rings. The summed E-state index contributed by atoms with van der Waals surface area (Å²) in [5, 5.41) is 11.2. The summed E-state index contributed by atoms with van der Waals surface area (Å²) in [4.78, 5) is 11.4. The average Bonchev–Trinajstić information content (AvgIpc) is 3.06. The second kappa shape index (κ2) is 10.6. The maximum atomic E-state index is 10.6. The van der Waals surface area contributed by atoms with Crippen molar-refractivity contribution in [3.63, 3.8) is 0 Å². The second-order valence-corrected chi connectivity index (χ2v) is 7.48. The molecule has 2 atom stereocenters. The number of hydrogen-bond acceptors (Lipinski definition) is 5. The highest BCUT2D eigenvalue weighted by Crippen LogP contribution is 2.25. The summed E-state index contributed by atoms with van der Waals surface area (Å²) in [5.74, 6) is -1.36. The van der Waals surface area contributed by atoms with Crippen molar-refractivity contribution >= 4 is 5.97 Å². The molecule has 0 aliphatic carbocycles. The summed E-state index contributed by atoms with van der Waals surface area (Å²) in [7, 11) is 1.84. The van der Waals surface area contributed by atoms with Crippen LogP contribution in [0.1, 0.15) is 29.0 Å². The zero-order chi connectivity index (χ0) is 22.3. The number of hydrogen-bond donors (Lipinski definition) is 1. The Labute approximate surface area is 173 Å². The number of aromatic nitrogens is 1. The van der Waals surface area contributed by atoms with E-state index in [-0.39, 0.29) is 0 Å². The molecule has 0 spiro atoms. The van der Waals surface area contributed by atoms with Gasteiger partial charge in [-0.05, 0) is 32.3 Å². The lowest BCUT2D eigenvalue weighted by Gasteiger charge is -2.37. The number of ether oxygens (including phenoxy) is 1. The summed E-state index contributed by atoms with van der Waals surface area (Å²) >= 11 is 0. The molecular formula is C21H27F3N2O4. The maximum Gasteiger partial charge on any atom is 0.490 e. The van der Waals surface area contributed by atoms with Gasteiger partial charge in [0.15, 0.2) is 0 Å². The van der Waals surface area contributed by atoms with Crippen LogP contribution in [-0.2, 0) is 22.5 Å². The van der Waals surface area contributed by atoms with Crippen molar-refractivity contribution in [1.82, 2.24) is 10.1 Å². The molecule has 2 aromatic rings. The summed E-state index contributed by atoms with van der Waals surface area (Å²) in [6, 6.07) is 10.8. The number of piperidine rings is 1. The predicted octanol–water partition coefficient (Wildman–Crippen LogP) is 4.00. The van der Waals surface area contributed by atoms with E-state index in [1.807, 2.05) is 20.1 Å². The van der Waals surface area contributed by atoms with Crippen LogP contribution in [0, 0.1) is 19.8 Å². The summed E-state index contributed by atoms with van der Waals surface area (Å²) < 4.78 is 42.7. The van der Waals surface area contributed by atoms with Gasteiger partial charge < -0.3 is 14.4 Å². The third-order valence-corrected chi connectivity index (χ3v) is 4.94. The van der Waals surface area contributed by atoms with Crippen LogP contribution < -0.4 is 0 Å². The van der Waals surface area contributed by atoms with Crippen molar-refractivity contribution in [2.75, 3.05) is 20.2 Å². The number of benzene rings is 1. The Balaban J connectivity index is 0.000000396. The van der Waals surface area contributed by atoms with Crippen molar-refractivity contribution in [3.8, 4) is 0 Å². The fourth-order valence-electron chi connectivity index (χ4n) is 3.60. The largest absolute Gasteiger partial charge is 0.490 e. The van der Waals surface area contributed by atoms with Crippen molar-refractivity contribution < 1.29 is 32.3 Å². The molecule has 30 heavy (non-hydrogen) atoms. The Morgan fingerprint density at radius 1 is 1.33 bits per heavy atom. The SMILES string of the molecule is CO[C@H]1CCN(Cc2cc(C)on2)C[C@@H]1Cc1cccc(C)c1.O=C(O)C(F)(F)F. The number of carbonyl (C=O) groups is 1. The molecule has 1 N–H and O–H groups in total. The third kappa shape index (κ3) is 7.46. The van der Waals surface area contributed by atoms with Crippen LogP contribution in [0.5, 0.6) is 0 Å². The van der Waals surface area contributed by atoms with E-state index in [1.54, 1.807) is 0 Å². The Morgan fingerprint density at radius 3 is 2.57 bits per heavy atom. The standard InChI is InChI=1S/C19H26N2O2.C2HF3O2/c1-14-5-4-6-16(9-14)11-17-12-21(8-7-19(17)22-3)13-18-10-15(2)23-20-18;3-2(4,5)1(6)7/h4-6,9-10,17,19H,7-8,11-13H2,1-3H3;(H,6,7)/t17-,19-;/m0./s1. The van der Waals surface area contributed by atoms with E-state index in [9.17, 15) is 13.2 Å². The van der Waals surface area contributed by atoms with Crippen LogP contribution in [0.4, 0.5) is 13.2 Å². The Kier molecular flexibility index (Phi) is 8.43. The molecule has 0 bridgehead atoms. The number of rotatable bonds is 5. The Bertz CT molecular complexity index is 823. The van der Waals surface area contributed by atoms with Gasteiger partial charge in [0.2, 0.25) is 0 Å². The van der Waals surface area contributed by atoms with Crippen molar-refractivity contribution in [3.05, 3.63) is 52.9 Å². The number of aliphatic carboxylic acids is 1. The molecule has 9 heteroatoms. The van der Waals surface area contributed by atoms with Gasteiger partial charge in [-0.15, -0.1) is 0 Å². The number of nitrogens with zero attached hydrogens (tertiary/aromatic N) is 2. The van der Waals surface area contributed by atoms with E-state index in [0.29, 0.717) is 12.0 Å². The normalized spacial score (nSPS) is 19.8. The number of aryl methyl sites for hydroxylation is 2. The van der Waals surface area contributed by atoms with Crippen LogP contribution >= 0.6 is 0 Å². The van der Waals surface area contributed by atoms with E-state index < -0.39 is 12.1 Å². The fraction of sp³-hybridized carbons (Fsp3) is 0.524. The second-order valence-electron chi connectivity index (χ2n) is 7.48. The van der Waals surface area contributed by atoms with Gasteiger partial charge in [0.05, 0.1) is 11.8 Å². The van der Waals surface area contributed by atoms with Gasteiger partial charge >= 0.3 is 12.1 Å². The number of likely N-dealkylation sites (tertiary alicyclic amines) is 1. The third-order valence-electron chi connectivity index (χ3n) is 4.94. The highest BCUT2D eigenvalue weighted by Gasteiger charge is 2.38. The van der Waals surface area contributed by atoms with Crippen LogP contribution in [0.3, 0.4) is 0 Å². The minimum atomic E-state index is -5.08. The zero-order valence-corrected chi connectivity index (χ0v) is 17.3. The predicted molar refractivity (Wildman–Crippen MR) is 104 cm³/mol. The van der Waals surface area contributed by atoms with Gasteiger partial charge in [0.25, 0.3) is 0 Å². The molecule has 166 valence electrons. The maximum absolute atomic E-state index is 10.6.